The Kier molecular flexibility index (Phi) is 4.60. The number of nitrogens with one attached hydrogen (secondary N) is 1. The van der Waals surface area contributed by atoms with Crippen LogP contribution >= 0.6 is 11.8 Å². The van der Waals surface area contributed by atoms with Gasteiger partial charge >= 0.3 is 0 Å². The molecule has 0 fully saturated rings. The normalized spacial score (nSPS) is 10.3. The van der Waals surface area contributed by atoms with Crippen LogP contribution in [-0.2, 0) is 5.75 Å². The van der Waals surface area contributed by atoms with Gasteiger partial charge in [-0.1, -0.05) is 23.9 Å². The summed E-state index contributed by atoms with van der Waals surface area (Å²) in [5.41, 5.74) is 2.76. The van der Waals surface area contributed by atoms with Crippen LogP contribution in [0.15, 0.2) is 53.7 Å². The molecule has 2 aromatic carbocycles. The van der Waals surface area contributed by atoms with Gasteiger partial charge in [0.15, 0.2) is 5.82 Å². The Morgan fingerprint density at radius 3 is 2.52 bits per heavy atom. The third-order valence-electron chi connectivity index (χ3n) is 3.28. The molecular weight excluding hydrogens is 308 g/mol. The molecule has 3 rings (SSSR count). The van der Waals surface area contributed by atoms with Gasteiger partial charge in [-0.15, -0.1) is 5.10 Å². The molecule has 0 aliphatic carbocycles. The van der Waals surface area contributed by atoms with E-state index in [1.54, 1.807) is 18.9 Å². The van der Waals surface area contributed by atoms with Crippen LogP contribution in [0.3, 0.4) is 0 Å². The highest BCUT2D eigenvalue weighted by Gasteiger charge is 2.07. The van der Waals surface area contributed by atoms with Crippen LogP contribution in [0.5, 0.6) is 5.75 Å². The monoisotopic (exact) mass is 322 g/mol. The second-order valence-electron chi connectivity index (χ2n) is 4.79. The predicted octanol–water partition coefficient (Wildman–Crippen LogP) is 3.64. The van der Waals surface area contributed by atoms with E-state index in [-0.39, 0.29) is 0 Å². The van der Waals surface area contributed by atoms with E-state index in [2.05, 4.69) is 21.3 Å². The Labute approximate surface area is 138 Å². The first-order valence-corrected chi connectivity index (χ1v) is 7.96. The van der Waals surface area contributed by atoms with Gasteiger partial charge in [-0.25, -0.2) is 4.98 Å². The van der Waals surface area contributed by atoms with E-state index in [9.17, 15) is 0 Å². The zero-order valence-electron chi connectivity index (χ0n) is 12.5. The van der Waals surface area contributed by atoms with E-state index < -0.39 is 0 Å². The van der Waals surface area contributed by atoms with Crippen molar-refractivity contribution >= 4 is 11.8 Å². The smallest absolute Gasteiger partial charge is 0.209 e. The highest BCUT2D eigenvalue weighted by molar-refractivity contribution is 7.98. The number of benzene rings is 2. The molecule has 23 heavy (non-hydrogen) atoms. The summed E-state index contributed by atoms with van der Waals surface area (Å²) in [5, 5.41) is 16.7. The van der Waals surface area contributed by atoms with Gasteiger partial charge in [-0.3, -0.25) is 5.10 Å². The average Bonchev–Trinajstić information content (AvgIpc) is 3.09. The van der Waals surface area contributed by atoms with Crippen LogP contribution in [0, 0.1) is 11.3 Å². The van der Waals surface area contributed by atoms with Crippen LogP contribution in [0.4, 0.5) is 0 Å². The third-order valence-corrected chi connectivity index (χ3v) is 4.20. The molecule has 0 aliphatic heterocycles. The summed E-state index contributed by atoms with van der Waals surface area (Å²) in [6, 6.07) is 17.3. The number of aromatic amines is 1. The zero-order valence-corrected chi connectivity index (χ0v) is 13.3. The van der Waals surface area contributed by atoms with E-state index in [0.29, 0.717) is 10.7 Å². The summed E-state index contributed by atoms with van der Waals surface area (Å²) in [6.07, 6.45) is 0. The number of aromatic nitrogens is 3. The second-order valence-corrected chi connectivity index (χ2v) is 5.73. The molecule has 0 aliphatic rings. The van der Waals surface area contributed by atoms with E-state index in [1.165, 1.54) is 0 Å². The molecule has 0 spiro atoms. The molecule has 0 unspecified atom stereocenters. The number of nitriles is 1. The summed E-state index contributed by atoms with van der Waals surface area (Å²) in [5.74, 6) is 2.30. The molecule has 1 N–H and O–H groups in total. The number of H-pyrrole nitrogens is 1. The van der Waals surface area contributed by atoms with E-state index in [1.807, 2.05) is 48.5 Å². The molecule has 0 atom stereocenters. The zero-order chi connectivity index (χ0) is 16.1. The maximum absolute atomic E-state index is 8.79. The van der Waals surface area contributed by atoms with Crippen LogP contribution < -0.4 is 4.74 Å². The number of methoxy groups -OCH3 is 1. The van der Waals surface area contributed by atoms with Crippen molar-refractivity contribution in [3.8, 4) is 23.2 Å². The van der Waals surface area contributed by atoms with Gasteiger partial charge in [-0.2, -0.15) is 5.26 Å². The fourth-order valence-electron chi connectivity index (χ4n) is 2.01. The highest BCUT2D eigenvalue weighted by atomic mass is 32.2. The van der Waals surface area contributed by atoms with Crippen molar-refractivity contribution in [2.45, 2.75) is 10.9 Å². The van der Waals surface area contributed by atoms with Gasteiger partial charge in [0.05, 0.1) is 18.7 Å². The van der Waals surface area contributed by atoms with E-state index >= 15 is 0 Å². The lowest BCUT2D eigenvalue weighted by atomic mass is 10.2. The molecule has 0 saturated carbocycles. The first kappa shape index (κ1) is 15.1. The quantitative estimate of drug-likeness (QED) is 0.726. The van der Waals surface area contributed by atoms with Gasteiger partial charge in [0, 0.05) is 11.3 Å². The van der Waals surface area contributed by atoms with Gasteiger partial charge in [-0.05, 0) is 42.0 Å². The molecule has 6 heteroatoms. The predicted molar refractivity (Wildman–Crippen MR) is 89.1 cm³/mol. The Hall–Kier alpha value is -2.78. The van der Waals surface area contributed by atoms with Crippen molar-refractivity contribution in [3.05, 3.63) is 59.7 Å². The van der Waals surface area contributed by atoms with Crippen LogP contribution in [0.2, 0.25) is 0 Å². The second kappa shape index (κ2) is 6.99. The standard InChI is InChI=1S/C17H14N4OS/c1-22-15-8-6-14(7-9-15)16-19-17(21-20-16)23-11-13-4-2-12(10-18)3-5-13/h2-9H,11H2,1H3,(H,19,20,21). The lowest BCUT2D eigenvalue weighted by Crippen LogP contribution is -1.84. The van der Waals surface area contributed by atoms with Crippen molar-refractivity contribution in [2.24, 2.45) is 0 Å². The minimum absolute atomic E-state index is 0.665. The highest BCUT2D eigenvalue weighted by Crippen LogP contribution is 2.23. The molecule has 114 valence electrons. The van der Waals surface area contributed by atoms with Crippen LogP contribution in [-0.4, -0.2) is 22.3 Å². The molecule has 1 heterocycles. The summed E-state index contributed by atoms with van der Waals surface area (Å²) in [7, 11) is 1.64. The lowest BCUT2D eigenvalue weighted by molar-refractivity contribution is 0.415. The first-order chi connectivity index (χ1) is 11.3. The molecule has 0 radical (unpaired) electrons. The van der Waals surface area contributed by atoms with Crippen molar-refractivity contribution in [1.29, 1.82) is 5.26 Å². The van der Waals surface area contributed by atoms with Crippen molar-refractivity contribution in [2.75, 3.05) is 7.11 Å². The summed E-state index contributed by atoms with van der Waals surface area (Å²) >= 11 is 1.55. The number of thioether (sulfide) groups is 1. The molecule has 3 aromatic rings. The van der Waals surface area contributed by atoms with Gasteiger partial charge in [0.1, 0.15) is 5.75 Å². The number of rotatable bonds is 5. The molecule has 1 aromatic heterocycles. The van der Waals surface area contributed by atoms with Crippen LogP contribution in [0.1, 0.15) is 11.1 Å². The fraction of sp³-hybridized carbons (Fsp3) is 0.118. The van der Waals surface area contributed by atoms with Gasteiger partial charge in [0.25, 0.3) is 0 Å². The maximum atomic E-state index is 8.79. The fourth-order valence-corrected chi connectivity index (χ4v) is 2.77. The van der Waals surface area contributed by atoms with Gasteiger partial charge in [0.2, 0.25) is 5.16 Å². The number of nitrogens with zero attached hydrogens (tertiary/aromatic N) is 3. The van der Waals surface area contributed by atoms with Crippen molar-refractivity contribution < 1.29 is 4.74 Å². The van der Waals surface area contributed by atoms with Crippen molar-refractivity contribution in [3.63, 3.8) is 0 Å². The molecule has 5 nitrogen and oxygen atoms in total. The Bertz CT molecular complexity index is 819. The summed E-state index contributed by atoms with van der Waals surface area (Å²) in [4.78, 5) is 4.49. The van der Waals surface area contributed by atoms with Crippen LogP contribution in [0.25, 0.3) is 11.4 Å². The van der Waals surface area contributed by atoms with Gasteiger partial charge < -0.3 is 4.74 Å². The Balaban J connectivity index is 1.65. The topological polar surface area (TPSA) is 74.6 Å². The number of ether oxygens (including phenoxy) is 1. The van der Waals surface area contributed by atoms with Crippen molar-refractivity contribution in [1.82, 2.24) is 15.2 Å². The Morgan fingerprint density at radius 2 is 1.87 bits per heavy atom. The maximum Gasteiger partial charge on any atom is 0.209 e. The largest absolute Gasteiger partial charge is 0.497 e. The number of hydrogen-bond donors (Lipinski definition) is 1. The molecule has 0 bridgehead atoms. The van der Waals surface area contributed by atoms with E-state index in [4.69, 9.17) is 10.00 Å². The summed E-state index contributed by atoms with van der Waals surface area (Å²) < 4.78 is 5.14. The minimum Gasteiger partial charge on any atom is -0.497 e. The summed E-state index contributed by atoms with van der Waals surface area (Å²) in [6.45, 7) is 0. The number of hydrogen-bond acceptors (Lipinski definition) is 5. The lowest BCUT2D eigenvalue weighted by Gasteiger charge is -2.00. The minimum atomic E-state index is 0.665. The SMILES string of the molecule is COc1ccc(-c2nc(SCc3ccc(C#N)cc3)n[nH]2)cc1. The molecule has 0 saturated heterocycles. The Morgan fingerprint density at radius 1 is 1.13 bits per heavy atom. The molecular formula is C17H14N4OS. The average molecular weight is 322 g/mol. The molecule has 0 amide bonds. The third kappa shape index (κ3) is 3.71. The van der Waals surface area contributed by atoms with E-state index in [0.717, 1.165) is 28.5 Å². The first-order valence-electron chi connectivity index (χ1n) is 6.97.